The molecule has 0 fully saturated rings. The molecule has 1 atom stereocenters. The van der Waals surface area contributed by atoms with E-state index in [2.05, 4.69) is 31.1 Å². The number of thiazole rings is 1. The number of aliphatic hydroxyl groups is 1. The van der Waals surface area contributed by atoms with Gasteiger partial charge in [0.25, 0.3) is 0 Å². The summed E-state index contributed by atoms with van der Waals surface area (Å²) < 4.78 is 0. The summed E-state index contributed by atoms with van der Waals surface area (Å²) in [6.45, 7) is 7.59. The zero-order chi connectivity index (χ0) is 12.0. The largest absolute Gasteiger partial charge is 0.396 e. The van der Waals surface area contributed by atoms with Crippen molar-refractivity contribution in [2.75, 3.05) is 6.61 Å². The van der Waals surface area contributed by atoms with Crippen LogP contribution < -0.4 is 5.32 Å². The summed E-state index contributed by atoms with van der Waals surface area (Å²) in [7, 11) is 0. The Hall–Kier alpha value is -0.450. The molecule has 0 spiro atoms. The van der Waals surface area contributed by atoms with Gasteiger partial charge in [-0.05, 0) is 18.8 Å². The van der Waals surface area contributed by atoms with E-state index in [4.69, 9.17) is 5.11 Å². The molecule has 1 heterocycles. The number of hydrogen-bond donors (Lipinski definition) is 2. The third-order valence-electron chi connectivity index (χ3n) is 2.69. The molecule has 1 aromatic heterocycles. The quantitative estimate of drug-likeness (QED) is 0.770. The lowest BCUT2D eigenvalue weighted by Gasteiger charge is -2.20. The Kier molecular flexibility index (Phi) is 5.95. The van der Waals surface area contributed by atoms with Crippen molar-refractivity contribution >= 4 is 11.3 Å². The van der Waals surface area contributed by atoms with Crippen molar-refractivity contribution in [1.82, 2.24) is 10.3 Å². The maximum absolute atomic E-state index is 8.98. The summed E-state index contributed by atoms with van der Waals surface area (Å²) in [4.78, 5) is 5.61. The van der Waals surface area contributed by atoms with E-state index in [-0.39, 0.29) is 6.61 Å². The molecule has 4 heteroatoms. The molecule has 1 aromatic rings. The minimum absolute atomic E-state index is 0.249. The van der Waals surface area contributed by atoms with Gasteiger partial charge in [-0.3, -0.25) is 0 Å². The Morgan fingerprint density at radius 3 is 2.75 bits per heavy atom. The van der Waals surface area contributed by atoms with Crippen LogP contribution in [0.1, 0.15) is 37.1 Å². The molecule has 1 unspecified atom stereocenters. The first-order chi connectivity index (χ1) is 7.67. The van der Waals surface area contributed by atoms with Crippen LogP contribution in [0.25, 0.3) is 0 Å². The minimum atomic E-state index is 0.249. The highest BCUT2D eigenvalue weighted by Gasteiger charge is 2.12. The van der Waals surface area contributed by atoms with Gasteiger partial charge in [0.15, 0.2) is 0 Å². The third kappa shape index (κ3) is 4.20. The van der Waals surface area contributed by atoms with Gasteiger partial charge in [-0.15, -0.1) is 11.3 Å². The molecule has 3 nitrogen and oxygen atoms in total. The van der Waals surface area contributed by atoms with E-state index in [9.17, 15) is 0 Å². The fraction of sp³-hybridized carbons (Fsp3) is 0.750. The average molecular weight is 242 g/mol. The first-order valence-electron chi connectivity index (χ1n) is 5.95. The molecule has 0 radical (unpaired) electrons. The molecule has 16 heavy (non-hydrogen) atoms. The van der Waals surface area contributed by atoms with Crippen molar-refractivity contribution < 1.29 is 5.11 Å². The molecular weight excluding hydrogens is 220 g/mol. The number of nitrogens with zero attached hydrogens (tertiary/aromatic N) is 1. The summed E-state index contributed by atoms with van der Waals surface area (Å²) in [5, 5.41) is 13.7. The number of aryl methyl sites for hydroxylation is 1. The van der Waals surface area contributed by atoms with E-state index in [1.807, 2.05) is 6.20 Å². The molecule has 1 rings (SSSR count). The van der Waals surface area contributed by atoms with Crippen LogP contribution in [0.3, 0.4) is 0 Å². The van der Waals surface area contributed by atoms with Crippen LogP contribution in [0.5, 0.6) is 0 Å². The van der Waals surface area contributed by atoms with Crippen molar-refractivity contribution in [3.63, 3.8) is 0 Å². The zero-order valence-corrected chi connectivity index (χ0v) is 11.2. The lowest BCUT2D eigenvalue weighted by Crippen LogP contribution is -2.33. The summed E-state index contributed by atoms with van der Waals surface area (Å²) >= 11 is 1.77. The molecule has 0 aliphatic heterocycles. The number of aromatic nitrogens is 1. The van der Waals surface area contributed by atoms with Crippen LogP contribution in [0, 0.1) is 5.92 Å². The van der Waals surface area contributed by atoms with Crippen molar-refractivity contribution in [3.8, 4) is 0 Å². The number of hydrogen-bond acceptors (Lipinski definition) is 4. The summed E-state index contributed by atoms with van der Waals surface area (Å²) in [6, 6.07) is 0.386. The van der Waals surface area contributed by atoms with E-state index in [0.717, 1.165) is 19.4 Å². The highest BCUT2D eigenvalue weighted by molar-refractivity contribution is 7.11. The fourth-order valence-electron chi connectivity index (χ4n) is 1.64. The SMILES string of the molecule is CCc1ncc(CNC(CCO)C(C)C)s1. The van der Waals surface area contributed by atoms with Gasteiger partial charge in [0.2, 0.25) is 0 Å². The molecule has 0 bridgehead atoms. The first kappa shape index (κ1) is 13.6. The normalized spacial score (nSPS) is 13.3. The van der Waals surface area contributed by atoms with E-state index in [1.54, 1.807) is 11.3 Å². The maximum atomic E-state index is 8.98. The lowest BCUT2D eigenvalue weighted by atomic mass is 10.0. The van der Waals surface area contributed by atoms with Crippen LogP contribution in [0.15, 0.2) is 6.20 Å². The van der Waals surface area contributed by atoms with Crippen LogP contribution in [-0.2, 0) is 13.0 Å². The van der Waals surface area contributed by atoms with Gasteiger partial charge >= 0.3 is 0 Å². The predicted octanol–water partition coefficient (Wildman–Crippen LogP) is 2.20. The highest BCUT2D eigenvalue weighted by Crippen LogP contribution is 2.14. The Labute approximate surface area is 102 Å². The average Bonchev–Trinajstić information content (AvgIpc) is 2.71. The van der Waals surface area contributed by atoms with E-state index < -0.39 is 0 Å². The Balaban J connectivity index is 2.42. The third-order valence-corrected chi connectivity index (χ3v) is 3.83. The van der Waals surface area contributed by atoms with Crippen molar-refractivity contribution in [2.45, 2.75) is 46.2 Å². The van der Waals surface area contributed by atoms with E-state index in [1.165, 1.54) is 9.88 Å². The molecule has 2 N–H and O–H groups in total. The summed E-state index contributed by atoms with van der Waals surface area (Å²) in [6.07, 6.45) is 3.78. The Morgan fingerprint density at radius 1 is 1.50 bits per heavy atom. The zero-order valence-electron chi connectivity index (χ0n) is 10.4. The molecular formula is C12H22N2OS. The van der Waals surface area contributed by atoms with Crippen LogP contribution >= 0.6 is 11.3 Å². The van der Waals surface area contributed by atoms with Gasteiger partial charge < -0.3 is 10.4 Å². The molecule has 0 saturated heterocycles. The lowest BCUT2D eigenvalue weighted by molar-refractivity contribution is 0.244. The second-order valence-corrected chi connectivity index (χ2v) is 5.52. The Morgan fingerprint density at radius 2 is 2.25 bits per heavy atom. The smallest absolute Gasteiger partial charge is 0.0925 e. The molecule has 0 aliphatic carbocycles. The van der Waals surface area contributed by atoms with Crippen molar-refractivity contribution in [2.24, 2.45) is 5.92 Å². The second-order valence-electron chi connectivity index (χ2n) is 4.32. The predicted molar refractivity (Wildman–Crippen MR) is 68.7 cm³/mol. The van der Waals surface area contributed by atoms with Crippen LogP contribution in [0.2, 0.25) is 0 Å². The summed E-state index contributed by atoms with van der Waals surface area (Å²) in [5.74, 6) is 0.547. The topological polar surface area (TPSA) is 45.2 Å². The van der Waals surface area contributed by atoms with Crippen LogP contribution in [0.4, 0.5) is 0 Å². The van der Waals surface area contributed by atoms with Gasteiger partial charge in [-0.2, -0.15) is 0 Å². The first-order valence-corrected chi connectivity index (χ1v) is 6.76. The minimum Gasteiger partial charge on any atom is -0.396 e. The van der Waals surface area contributed by atoms with Crippen LogP contribution in [-0.4, -0.2) is 22.7 Å². The monoisotopic (exact) mass is 242 g/mol. The number of aliphatic hydroxyl groups excluding tert-OH is 1. The van der Waals surface area contributed by atoms with Crippen molar-refractivity contribution in [3.05, 3.63) is 16.1 Å². The maximum Gasteiger partial charge on any atom is 0.0925 e. The highest BCUT2D eigenvalue weighted by atomic mass is 32.1. The second kappa shape index (κ2) is 6.99. The number of nitrogens with one attached hydrogen (secondary N) is 1. The molecule has 0 aliphatic rings. The fourth-order valence-corrected chi connectivity index (χ4v) is 2.45. The van der Waals surface area contributed by atoms with Gasteiger partial charge in [0, 0.05) is 30.3 Å². The van der Waals surface area contributed by atoms with Gasteiger partial charge in [0.1, 0.15) is 0 Å². The molecule has 0 amide bonds. The summed E-state index contributed by atoms with van der Waals surface area (Å²) in [5.41, 5.74) is 0. The van der Waals surface area contributed by atoms with Gasteiger partial charge in [0.05, 0.1) is 5.01 Å². The van der Waals surface area contributed by atoms with Gasteiger partial charge in [-0.1, -0.05) is 20.8 Å². The van der Waals surface area contributed by atoms with Gasteiger partial charge in [-0.25, -0.2) is 4.98 Å². The standard InChI is InChI=1S/C12H22N2OS/c1-4-12-14-8-10(16-12)7-13-11(5-6-15)9(2)3/h8-9,11,13,15H,4-7H2,1-3H3. The number of rotatable bonds is 7. The molecule has 0 saturated carbocycles. The van der Waals surface area contributed by atoms with E-state index in [0.29, 0.717) is 12.0 Å². The van der Waals surface area contributed by atoms with E-state index >= 15 is 0 Å². The molecule has 0 aromatic carbocycles. The molecule has 92 valence electrons. The Bertz CT molecular complexity index is 299. The van der Waals surface area contributed by atoms with Crippen molar-refractivity contribution in [1.29, 1.82) is 0 Å².